The number of hydrogen-bond acceptors (Lipinski definition) is 5. The molecule has 2 aromatic heterocycles. The Hall–Kier alpha value is -3.03. The van der Waals surface area contributed by atoms with Crippen molar-refractivity contribution in [2.45, 2.75) is 20.4 Å². The van der Waals surface area contributed by atoms with Gasteiger partial charge in [-0.25, -0.2) is 4.68 Å². The summed E-state index contributed by atoms with van der Waals surface area (Å²) in [5.41, 5.74) is 4.10. The molecule has 4 rings (SSSR count). The van der Waals surface area contributed by atoms with E-state index in [9.17, 15) is 4.79 Å². The van der Waals surface area contributed by atoms with Crippen molar-refractivity contribution in [2.75, 3.05) is 5.32 Å². The number of benzene rings is 2. The van der Waals surface area contributed by atoms with E-state index in [1.165, 1.54) is 16.9 Å². The molecule has 29 heavy (non-hydrogen) atoms. The lowest BCUT2D eigenvalue weighted by atomic mass is 10.1. The fourth-order valence-corrected chi connectivity index (χ4v) is 3.98. The third-order valence-corrected chi connectivity index (χ3v) is 5.68. The van der Waals surface area contributed by atoms with Gasteiger partial charge in [-0.2, -0.15) is 5.10 Å². The second kappa shape index (κ2) is 8.14. The first-order valence-corrected chi connectivity index (χ1v) is 10.2. The lowest BCUT2D eigenvalue weighted by Gasteiger charge is -2.05. The maximum Gasteiger partial charge on any atom is 0.262 e. The zero-order chi connectivity index (χ0) is 20.4. The molecule has 2 aromatic carbocycles. The van der Waals surface area contributed by atoms with Gasteiger partial charge in [0.2, 0.25) is 5.13 Å². The van der Waals surface area contributed by atoms with Crippen LogP contribution in [0.5, 0.6) is 0 Å². The molecule has 0 spiro atoms. The first-order chi connectivity index (χ1) is 14.0. The summed E-state index contributed by atoms with van der Waals surface area (Å²) in [6.07, 6.45) is 0. The first kappa shape index (κ1) is 19.3. The Kier molecular flexibility index (Phi) is 5.42. The highest BCUT2D eigenvalue weighted by molar-refractivity contribution is 7.18. The van der Waals surface area contributed by atoms with Crippen molar-refractivity contribution in [1.29, 1.82) is 0 Å². The summed E-state index contributed by atoms with van der Waals surface area (Å²) in [5, 5.41) is 16.9. The number of halogens is 1. The lowest BCUT2D eigenvalue weighted by Crippen LogP contribution is -2.13. The van der Waals surface area contributed by atoms with Gasteiger partial charge in [-0.3, -0.25) is 10.1 Å². The second-order valence-electron chi connectivity index (χ2n) is 6.63. The van der Waals surface area contributed by atoms with Crippen LogP contribution >= 0.6 is 22.9 Å². The molecule has 0 aliphatic rings. The minimum absolute atomic E-state index is 0.299. The normalized spacial score (nSPS) is 10.9. The number of rotatable bonds is 5. The number of aryl methyl sites for hydroxylation is 2. The van der Waals surface area contributed by atoms with Crippen molar-refractivity contribution in [1.82, 2.24) is 20.0 Å². The van der Waals surface area contributed by atoms with Gasteiger partial charge in [-0.1, -0.05) is 83.1 Å². The van der Waals surface area contributed by atoms with Crippen LogP contribution in [-0.4, -0.2) is 25.9 Å². The van der Waals surface area contributed by atoms with Crippen molar-refractivity contribution in [3.63, 3.8) is 0 Å². The molecule has 0 saturated carbocycles. The fraction of sp³-hybridized carbons (Fsp3) is 0.143. The zero-order valence-corrected chi connectivity index (χ0v) is 17.5. The molecule has 2 heterocycles. The van der Waals surface area contributed by atoms with Gasteiger partial charge in [-0.05, 0) is 19.4 Å². The van der Waals surface area contributed by atoms with E-state index >= 15 is 0 Å². The summed E-state index contributed by atoms with van der Waals surface area (Å²) in [5.74, 6) is -0.349. The molecule has 0 aliphatic carbocycles. The summed E-state index contributed by atoms with van der Waals surface area (Å²) in [4.78, 5) is 12.8. The quantitative estimate of drug-likeness (QED) is 0.491. The summed E-state index contributed by atoms with van der Waals surface area (Å²) >= 11 is 7.79. The molecule has 0 fully saturated rings. The standard InChI is InChI=1S/C21H18ClN5OS/c1-13-8-10-15(11-9-13)12-27-18(22)17(14(2)26-27)19(28)23-21-25-24-20(29-21)16-6-4-3-5-7-16/h3-11H,12H2,1-2H3,(H,23,25,28). The van der Waals surface area contributed by atoms with Gasteiger partial charge in [0.25, 0.3) is 5.91 Å². The maximum atomic E-state index is 12.8. The molecule has 0 atom stereocenters. The van der Waals surface area contributed by atoms with E-state index < -0.39 is 0 Å². The van der Waals surface area contributed by atoms with Crippen LogP contribution in [0.25, 0.3) is 10.6 Å². The summed E-state index contributed by atoms with van der Waals surface area (Å²) in [6.45, 7) is 4.29. The monoisotopic (exact) mass is 423 g/mol. The molecule has 0 aliphatic heterocycles. The molecule has 6 nitrogen and oxygen atoms in total. The van der Waals surface area contributed by atoms with Crippen molar-refractivity contribution in [3.05, 3.63) is 82.1 Å². The number of nitrogens with zero attached hydrogens (tertiary/aromatic N) is 4. The molecular weight excluding hydrogens is 406 g/mol. The molecule has 1 N–H and O–H groups in total. The highest BCUT2D eigenvalue weighted by Gasteiger charge is 2.22. The van der Waals surface area contributed by atoms with Gasteiger partial charge in [0.15, 0.2) is 0 Å². The van der Waals surface area contributed by atoms with E-state index in [1.54, 1.807) is 11.6 Å². The Morgan fingerprint density at radius 1 is 1.07 bits per heavy atom. The number of amides is 1. The fourth-order valence-electron chi connectivity index (χ4n) is 2.91. The van der Waals surface area contributed by atoms with E-state index in [2.05, 4.69) is 20.6 Å². The van der Waals surface area contributed by atoms with Crippen LogP contribution < -0.4 is 5.32 Å². The Balaban J connectivity index is 1.52. The van der Waals surface area contributed by atoms with E-state index in [0.29, 0.717) is 28.1 Å². The molecule has 8 heteroatoms. The summed E-state index contributed by atoms with van der Waals surface area (Å²) in [7, 11) is 0. The van der Waals surface area contributed by atoms with Crippen LogP contribution in [0.1, 0.15) is 27.2 Å². The summed E-state index contributed by atoms with van der Waals surface area (Å²) in [6, 6.07) is 17.8. The van der Waals surface area contributed by atoms with Gasteiger partial charge >= 0.3 is 0 Å². The third-order valence-electron chi connectivity index (χ3n) is 4.41. The van der Waals surface area contributed by atoms with Crippen LogP contribution in [0.4, 0.5) is 5.13 Å². The van der Waals surface area contributed by atoms with Crippen LogP contribution in [0.15, 0.2) is 54.6 Å². The Labute approximate surface area is 177 Å². The van der Waals surface area contributed by atoms with E-state index in [0.717, 1.165) is 16.1 Å². The molecule has 146 valence electrons. The molecule has 0 unspecified atom stereocenters. The van der Waals surface area contributed by atoms with Gasteiger partial charge in [-0.15, -0.1) is 10.2 Å². The lowest BCUT2D eigenvalue weighted by molar-refractivity contribution is 0.102. The number of anilines is 1. The summed E-state index contributed by atoms with van der Waals surface area (Å²) < 4.78 is 1.63. The number of carbonyl (C=O) groups is 1. The topological polar surface area (TPSA) is 72.7 Å². The smallest absolute Gasteiger partial charge is 0.262 e. The van der Waals surface area contributed by atoms with E-state index in [4.69, 9.17) is 11.6 Å². The maximum absolute atomic E-state index is 12.8. The Bertz CT molecular complexity index is 1150. The molecule has 1 amide bonds. The molecule has 0 bridgehead atoms. The Morgan fingerprint density at radius 2 is 1.79 bits per heavy atom. The van der Waals surface area contributed by atoms with Crippen LogP contribution in [0.2, 0.25) is 5.15 Å². The van der Waals surface area contributed by atoms with Crippen molar-refractivity contribution >= 4 is 34.0 Å². The molecular formula is C21H18ClN5OS. The Morgan fingerprint density at radius 3 is 2.52 bits per heavy atom. The van der Waals surface area contributed by atoms with Gasteiger partial charge in [0, 0.05) is 5.56 Å². The van der Waals surface area contributed by atoms with Crippen molar-refractivity contribution < 1.29 is 4.79 Å². The average Bonchev–Trinajstić information content (AvgIpc) is 3.28. The van der Waals surface area contributed by atoms with E-state index in [1.807, 2.05) is 61.5 Å². The predicted octanol–water partition coefficient (Wildman–Crippen LogP) is 4.97. The second-order valence-corrected chi connectivity index (χ2v) is 7.96. The molecule has 0 saturated heterocycles. The minimum Gasteiger partial charge on any atom is -0.296 e. The van der Waals surface area contributed by atoms with Crippen molar-refractivity contribution in [3.8, 4) is 10.6 Å². The van der Waals surface area contributed by atoms with Crippen LogP contribution in [-0.2, 0) is 6.54 Å². The highest BCUT2D eigenvalue weighted by Crippen LogP contribution is 2.27. The van der Waals surface area contributed by atoms with Gasteiger partial charge in [0.05, 0.1) is 17.8 Å². The van der Waals surface area contributed by atoms with E-state index in [-0.39, 0.29) is 5.91 Å². The average molecular weight is 424 g/mol. The third kappa shape index (κ3) is 4.21. The van der Waals surface area contributed by atoms with Crippen LogP contribution in [0.3, 0.4) is 0 Å². The molecule has 4 aromatic rings. The predicted molar refractivity (Wildman–Crippen MR) is 116 cm³/mol. The van der Waals surface area contributed by atoms with Gasteiger partial charge in [0.1, 0.15) is 10.2 Å². The first-order valence-electron chi connectivity index (χ1n) is 9.00. The minimum atomic E-state index is -0.349. The number of nitrogens with one attached hydrogen (secondary N) is 1. The van der Waals surface area contributed by atoms with Crippen molar-refractivity contribution in [2.24, 2.45) is 0 Å². The number of hydrogen-bond donors (Lipinski definition) is 1. The SMILES string of the molecule is Cc1ccc(Cn2nc(C)c(C(=O)Nc3nnc(-c4ccccc4)s3)c2Cl)cc1. The molecule has 0 radical (unpaired) electrons. The van der Waals surface area contributed by atoms with Gasteiger partial charge < -0.3 is 0 Å². The number of aromatic nitrogens is 4. The largest absolute Gasteiger partial charge is 0.296 e. The number of carbonyl (C=O) groups excluding carboxylic acids is 1. The van der Waals surface area contributed by atoms with Crippen LogP contribution in [0, 0.1) is 13.8 Å². The zero-order valence-electron chi connectivity index (χ0n) is 15.9. The highest BCUT2D eigenvalue weighted by atomic mass is 35.5.